The molecule has 1 aliphatic heterocycles. The van der Waals surface area contributed by atoms with Gasteiger partial charge in [-0.2, -0.15) is 0 Å². The second-order valence-electron chi connectivity index (χ2n) is 6.86. The summed E-state index contributed by atoms with van der Waals surface area (Å²) < 4.78 is 30.9. The first-order chi connectivity index (χ1) is 14.6. The lowest BCUT2D eigenvalue weighted by Crippen LogP contribution is -2.54. The lowest BCUT2D eigenvalue weighted by molar-refractivity contribution is -0.625. The Morgan fingerprint density at radius 2 is 2.10 bits per heavy atom. The molecule has 3 heterocycles. The van der Waals surface area contributed by atoms with Crippen molar-refractivity contribution in [2.45, 2.75) is 26.2 Å². The summed E-state index contributed by atoms with van der Waals surface area (Å²) in [5.41, 5.74) is 1.33. The van der Waals surface area contributed by atoms with E-state index >= 15 is 0 Å². The fourth-order valence-corrected chi connectivity index (χ4v) is 3.11. The molecular formula is C21H20F2N5O2+. The molecule has 0 bridgehead atoms. The van der Waals surface area contributed by atoms with E-state index in [2.05, 4.69) is 20.2 Å². The lowest BCUT2D eigenvalue weighted by Gasteiger charge is -2.14. The Balaban J connectivity index is 1.52. The molecule has 1 aromatic carbocycles. The number of aliphatic hydroxyl groups excluding tert-OH is 1. The van der Waals surface area contributed by atoms with Gasteiger partial charge in [0.2, 0.25) is 0 Å². The Labute approximate surface area is 171 Å². The van der Waals surface area contributed by atoms with Gasteiger partial charge in [-0.15, -0.1) is 9.78 Å². The Morgan fingerprint density at radius 3 is 2.93 bits per heavy atom. The molecule has 0 saturated carbocycles. The van der Waals surface area contributed by atoms with Crippen LogP contribution in [0.1, 0.15) is 31.0 Å². The molecule has 0 saturated heterocycles. The van der Waals surface area contributed by atoms with Crippen LogP contribution in [0.25, 0.3) is 10.9 Å². The zero-order valence-corrected chi connectivity index (χ0v) is 16.3. The maximum Gasteiger partial charge on any atom is 0.290 e. The number of aromatic nitrogens is 3. The summed E-state index contributed by atoms with van der Waals surface area (Å²) in [5.74, 6) is -0.279. The highest BCUT2D eigenvalue weighted by atomic mass is 19.1. The molecule has 9 heteroatoms. The van der Waals surface area contributed by atoms with Gasteiger partial charge in [0.15, 0.2) is 0 Å². The van der Waals surface area contributed by atoms with Gasteiger partial charge in [-0.25, -0.2) is 8.78 Å². The normalized spacial score (nSPS) is 13.1. The molecule has 154 valence electrons. The number of rotatable bonds is 8. The number of aliphatic imine (C=N–C) groups is 1. The molecule has 0 radical (unpaired) electrons. The number of nitrogens with zero attached hydrogens (tertiary/aromatic N) is 5. The molecule has 4 rings (SSSR count). The summed E-state index contributed by atoms with van der Waals surface area (Å²) in [6.45, 7) is 2.27. The maximum atomic E-state index is 14.8. The van der Waals surface area contributed by atoms with Gasteiger partial charge in [-0.1, -0.05) is 10.1 Å². The average molecular weight is 412 g/mol. The largest absolute Gasteiger partial charge is 0.396 e. The standard InChI is InChI=1S/C21H20F2N5O2/c1-13(27-30-10-3-2-9-29)17-6-7-19-25-20(28(19)26-17)11-15-16(22)12-18-14(21(15)23)5-4-8-24-18/h4-8,12,29H,2-3,9-11H2,1H3/q+1/b27-13-. The first kappa shape index (κ1) is 20.0. The minimum atomic E-state index is -0.666. The highest BCUT2D eigenvalue weighted by molar-refractivity contribution is 5.96. The van der Waals surface area contributed by atoms with Gasteiger partial charge < -0.3 is 9.94 Å². The van der Waals surface area contributed by atoms with Crippen LogP contribution in [-0.2, 0) is 11.3 Å². The van der Waals surface area contributed by atoms with Crippen molar-refractivity contribution in [3.8, 4) is 0 Å². The molecule has 0 fully saturated rings. The zero-order chi connectivity index (χ0) is 21.1. The van der Waals surface area contributed by atoms with Crippen molar-refractivity contribution >= 4 is 28.3 Å². The van der Waals surface area contributed by atoms with Crippen molar-refractivity contribution in [2.24, 2.45) is 10.1 Å². The van der Waals surface area contributed by atoms with Gasteiger partial charge in [0.25, 0.3) is 11.7 Å². The molecule has 7 nitrogen and oxygen atoms in total. The van der Waals surface area contributed by atoms with Crippen molar-refractivity contribution < 1.29 is 23.4 Å². The Morgan fingerprint density at radius 1 is 1.23 bits per heavy atom. The van der Waals surface area contributed by atoms with Crippen LogP contribution in [0.4, 0.5) is 14.6 Å². The van der Waals surface area contributed by atoms with E-state index in [-0.39, 0.29) is 29.5 Å². The number of hydrogen-bond donors (Lipinski definition) is 1. The second-order valence-corrected chi connectivity index (χ2v) is 6.86. The summed E-state index contributed by atoms with van der Waals surface area (Å²) in [4.78, 5) is 13.5. The fraction of sp³-hybridized carbons (Fsp3) is 0.286. The number of aliphatic hydroxyl groups is 1. The summed E-state index contributed by atoms with van der Waals surface area (Å²) in [6.07, 6.45) is 2.81. The Kier molecular flexibility index (Phi) is 5.71. The van der Waals surface area contributed by atoms with Crippen LogP contribution in [0.3, 0.4) is 0 Å². The van der Waals surface area contributed by atoms with Gasteiger partial charge in [0, 0.05) is 35.9 Å². The van der Waals surface area contributed by atoms with E-state index in [0.717, 1.165) is 0 Å². The molecule has 30 heavy (non-hydrogen) atoms. The smallest absolute Gasteiger partial charge is 0.290 e. The Hall–Kier alpha value is -3.33. The third kappa shape index (κ3) is 3.88. The third-order valence-electron chi connectivity index (χ3n) is 4.75. The number of halogens is 2. The van der Waals surface area contributed by atoms with Crippen LogP contribution >= 0.6 is 0 Å². The average Bonchev–Trinajstić information content (AvgIpc) is 2.73. The number of hydrogen-bond acceptors (Lipinski definition) is 6. The van der Waals surface area contributed by atoms with Crippen molar-refractivity contribution in [3.05, 3.63) is 59.4 Å². The van der Waals surface area contributed by atoms with E-state index in [1.54, 1.807) is 35.9 Å². The molecule has 0 spiro atoms. The number of pyridine rings is 1. The molecule has 1 N–H and O–H groups in total. The molecule has 1 aliphatic rings. The minimum Gasteiger partial charge on any atom is -0.396 e. The molecule has 0 amide bonds. The van der Waals surface area contributed by atoms with Crippen LogP contribution in [0, 0.1) is 11.6 Å². The van der Waals surface area contributed by atoms with E-state index in [9.17, 15) is 8.78 Å². The fourth-order valence-electron chi connectivity index (χ4n) is 3.11. The summed E-state index contributed by atoms with van der Waals surface area (Å²) in [7, 11) is 0. The summed E-state index contributed by atoms with van der Waals surface area (Å²) in [5, 5.41) is 17.5. The topological polar surface area (TPSA) is 83.8 Å². The van der Waals surface area contributed by atoms with Crippen molar-refractivity contribution in [2.75, 3.05) is 13.2 Å². The number of benzene rings is 1. The van der Waals surface area contributed by atoms with E-state index in [1.807, 2.05) is 0 Å². The van der Waals surface area contributed by atoms with Gasteiger partial charge in [0.1, 0.15) is 29.6 Å². The van der Waals surface area contributed by atoms with Crippen LogP contribution in [0.2, 0.25) is 0 Å². The number of oxime groups is 1. The van der Waals surface area contributed by atoms with Gasteiger partial charge >= 0.3 is 0 Å². The number of fused-ring (bicyclic) bond motifs is 2. The molecular weight excluding hydrogens is 392 g/mol. The van der Waals surface area contributed by atoms with Crippen LogP contribution in [0.5, 0.6) is 0 Å². The van der Waals surface area contributed by atoms with Crippen molar-refractivity contribution in [1.29, 1.82) is 0 Å². The molecule has 0 unspecified atom stereocenters. The van der Waals surface area contributed by atoms with Gasteiger partial charge in [-0.3, -0.25) is 4.98 Å². The monoisotopic (exact) mass is 412 g/mol. The van der Waals surface area contributed by atoms with Gasteiger partial charge in [0.05, 0.1) is 11.9 Å². The quantitative estimate of drug-likeness (QED) is 0.267. The van der Waals surface area contributed by atoms with Crippen molar-refractivity contribution in [1.82, 2.24) is 10.1 Å². The summed E-state index contributed by atoms with van der Waals surface area (Å²) in [6, 6.07) is 7.92. The highest BCUT2D eigenvalue weighted by Gasteiger charge is 2.30. The van der Waals surface area contributed by atoms with Crippen LogP contribution in [-0.4, -0.2) is 40.0 Å². The van der Waals surface area contributed by atoms with E-state index < -0.39 is 11.6 Å². The molecule has 0 aliphatic carbocycles. The zero-order valence-electron chi connectivity index (χ0n) is 16.3. The predicted molar refractivity (Wildman–Crippen MR) is 107 cm³/mol. The number of unbranched alkanes of at least 4 members (excludes halogenated alkanes) is 1. The SMILES string of the molecule is C/C(=N/OCCCCO)c1ccc2[n+](n1)C(Cc1c(F)cc3ncccc3c1F)=N2. The van der Waals surface area contributed by atoms with Crippen molar-refractivity contribution in [3.63, 3.8) is 0 Å². The lowest BCUT2D eigenvalue weighted by atomic mass is 10.0. The maximum absolute atomic E-state index is 14.8. The first-order valence-corrected chi connectivity index (χ1v) is 9.59. The first-order valence-electron chi connectivity index (χ1n) is 9.59. The van der Waals surface area contributed by atoms with E-state index in [4.69, 9.17) is 9.94 Å². The Bertz CT molecular complexity index is 1160. The second kappa shape index (κ2) is 8.58. The summed E-state index contributed by atoms with van der Waals surface area (Å²) >= 11 is 0. The molecule has 2 aromatic heterocycles. The highest BCUT2D eigenvalue weighted by Crippen LogP contribution is 2.24. The van der Waals surface area contributed by atoms with Crippen LogP contribution in [0.15, 0.2) is 46.7 Å². The minimum absolute atomic E-state index is 0.0372. The third-order valence-corrected chi connectivity index (χ3v) is 4.75. The van der Waals surface area contributed by atoms with E-state index in [0.29, 0.717) is 42.5 Å². The van der Waals surface area contributed by atoms with Gasteiger partial charge in [-0.05, 0) is 38.0 Å². The predicted octanol–water partition coefficient (Wildman–Crippen LogP) is 2.84. The molecule has 3 aromatic rings. The van der Waals surface area contributed by atoms with Crippen LogP contribution < -0.4 is 4.68 Å². The van der Waals surface area contributed by atoms with E-state index in [1.165, 1.54) is 12.3 Å². The molecule has 0 atom stereocenters.